The zero-order chi connectivity index (χ0) is 15.9. The second-order valence-electron chi connectivity index (χ2n) is 4.76. The number of nitrogens with one attached hydrogen (secondary N) is 2. The first kappa shape index (κ1) is 16.5. The molecule has 0 aromatic heterocycles. The van der Waals surface area contributed by atoms with Crippen LogP contribution in [0.1, 0.15) is 0 Å². The lowest BCUT2D eigenvalue weighted by Crippen LogP contribution is -2.35. The molecule has 2 amide bonds. The number of rotatable bonds is 5. The maximum absolute atomic E-state index is 11.9. The van der Waals surface area contributed by atoms with Crippen molar-refractivity contribution in [1.29, 1.82) is 0 Å². The molecule has 22 heavy (non-hydrogen) atoms. The van der Waals surface area contributed by atoms with Crippen molar-refractivity contribution in [1.82, 2.24) is 5.32 Å². The third kappa shape index (κ3) is 4.83. The monoisotopic (exact) mass is 337 g/mol. The molecule has 0 aliphatic heterocycles. The van der Waals surface area contributed by atoms with Crippen LogP contribution in [0.25, 0.3) is 0 Å². The predicted octanol–water partition coefficient (Wildman–Crippen LogP) is 4.25. The van der Waals surface area contributed by atoms with E-state index in [4.69, 9.17) is 23.2 Å². The van der Waals surface area contributed by atoms with Crippen LogP contribution in [-0.2, 0) is 0 Å². The van der Waals surface area contributed by atoms with E-state index in [-0.39, 0.29) is 6.03 Å². The largest absolute Gasteiger partial charge is 0.373 e. The average Bonchev–Trinajstić information content (AvgIpc) is 2.51. The highest BCUT2D eigenvalue weighted by atomic mass is 35.5. The van der Waals surface area contributed by atoms with Gasteiger partial charge in [-0.1, -0.05) is 41.4 Å². The van der Waals surface area contributed by atoms with Crippen LogP contribution in [0.15, 0.2) is 48.5 Å². The van der Waals surface area contributed by atoms with E-state index in [2.05, 4.69) is 15.5 Å². The van der Waals surface area contributed by atoms with Gasteiger partial charge in [0.2, 0.25) is 0 Å². The van der Waals surface area contributed by atoms with Crippen molar-refractivity contribution in [3.05, 3.63) is 58.6 Å². The van der Waals surface area contributed by atoms with E-state index in [1.807, 2.05) is 37.4 Å². The second kappa shape index (κ2) is 7.92. The molecular formula is C16H17Cl2N3O. The number of halogens is 2. The molecule has 0 saturated heterocycles. The van der Waals surface area contributed by atoms with Gasteiger partial charge in [-0.2, -0.15) is 0 Å². The first-order valence-electron chi connectivity index (χ1n) is 6.82. The van der Waals surface area contributed by atoms with Gasteiger partial charge in [0.15, 0.2) is 0 Å². The van der Waals surface area contributed by atoms with Crippen molar-refractivity contribution in [3.63, 3.8) is 0 Å². The molecular weight excluding hydrogens is 321 g/mol. The number of para-hydroxylation sites is 1. The Kier molecular flexibility index (Phi) is 5.92. The normalized spacial score (nSPS) is 10.1. The maximum atomic E-state index is 11.9. The van der Waals surface area contributed by atoms with E-state index in [1.165, 1.54) is 0 Å². The lowest BCUT2D eigenvalue weighted by Gasteiger charge is -2.19. The molecule has 2 aromatic carbocycles. The molecule has 0 radical (unpaired) electrons. The van der Waals surface area contributed by atoms with Gasteiger partial charge < -0.3 is 15.5 Å². The van der Waals surface area contributed by atoms with Crippen molar-refractivity contribution in [2.45, 2.75) is 0 Å². The number of urea groups is 1. The first-order chi connectivity index (χ1) is 10.6. The summed E-state index contributed by atoms with van der Waals surface area (Å²) in [6, 6.07) is 14.6. The van der Waals surface area contributed by atoms with Crippen LogP contribution in [0.3, 0.4) is 0 Å². The Balaban J connectivity index is 1.80. The highest BCUT2D eigenvalue weighted by molar-refractivity contribution is 6.35. The molecule has 0 bridgehead atoms. The van der Waals surface area contributed by atoms with Gasteiger partial charge in [0, 0.05) is 30.8 Å². The van der Waals surface area contributed by atoms with Gasteiger partial charge in [0.25, 0.3) is 0 Å². The fraction of sp³-hybridized carbons (Fsp3) is 0.188. The van der Waals surface area contributed by atoms with Crippen molar-refractivity contribution in [2.24, 2.45) is 0 Å². The minimum Gasteiger partial charge on any atom is -0.373 e. The van der Waals surface area contributed by atoms with Gasteiger partial charge >= 0.3 is 6.03 Å². The summed E-state index contributed by atoms with van der Waals surface area (Å²) in [5, 5.41) is 6.43. The van der Waals surface area contributed by atoms with Crippen LogP contribution in [0.2, 0.25) is 10.0 Å². The van der Waals surface area contributed by atoms with Crippen molar-refractivity contribution >= 4 is 40.6 Å². The second-order valence-corrected chi connectivity index (χ2v) is 5.61. The van der Waals surface area contributed by atoms with Gasteiger partial charge in [-0.25, -0.2) is 4.79 Å². The molecule has 0 aliphatic carbocycles. The quantitative estimate of drug-likeness (QED) is 0.856. The summed E-state index contributed by atoms with van der Waals surface area (Å²) < 4.78 is 0. The molecule has 2 rings (SSSR count). The zero-order valence-electron chi connectivity index (χ0n) is 12.1. The Bertz CT molecular complexity index is 635. The number of nitrogens with zero attached hydrogens (tertiary/aromatic N) is 1. The highest BCUT2D eigenvalue weighted by Gasteiger charge is 2.06. The lowest BCUT2D eigenvalue weighted by atomic mass is 10.3. The summed E-state index contributed by atoms with van der Waals surface area (Å²) in [6.45, 7) is 1.20. The van der Waals surface area contributed by atoms with Gasteiger partial charge in [0.1, 0.15) is 0 Å². The van der Waals surface area contributed by atoms with Crippen molar-refractivity contribution in [3.8, 4) is 0 Å². The number of benzene rings is 2. The van der Waals surface area contributed by atoms with Crippen LogP contribution in [0, 0.1) is 0 Å². The number of carbonyl (C=O) groups is 1. The van der Waals surface area contributed by atoms with E-state index < -0.39 is 0 Å². The van der Waals surface area contributed by atoms with E-state index in [1.54, 1.807) is 18.2 Å². The van der Waals surface area contributed by atoms with Crippen molar-refractivity contribution in [2.75, 3.05) is 30.4 Å². The van der Waals surface area contributed by atoms with E-state index >= 15 is 0 Å². The Morgan fingerprint density at radius 1 is 1.14 bits per heavy atom. The number of hydrogen-bond donors (Lipinski definition) is 2. The third-order valence-electron chi connectivity index (χ3n) is 3.11. The molecule has 4 nitrogen and oxygen atoms in total. The minimum absolute atomic E-state index is 0.314. The smallest absolute Gasteiger partial charge is 0.319 e. The molecule has 0 atom stereocenters. The molecule has 0 saturated carbocycles. The average molecular weight is 338 g/mol. The summed E-state index contributed by atoms with van der Waals surface area (Å²) in [6.07, 6.45) is 0. The molecule has 2 aromatic rings. The third-order valence-corrected chi connectivity index (χ3v) is 3.67. The summed E-state index contributed by atoms with van der Waals surface area (Å²) in [5.74, 6) is 0. The molecule has 0 aliphatic rings. The first-order valence-corrected chi connectivity index (χ1v) is 7.58. The van der Waals surface area contributed by atoms with Crippen LogP contribution in [-0.4, -0.2) is 26.2 Å². The molecule has 2 N–H and O–H groups in total. The number of likely N-dealkylation sites (N-methyl/N-ethyl adjacent to an activating group) is 1. The van der Waals surface area contributed by atoms with Gasteiger partial charge in [-0.05, 0) is 30.3 Å². The van der Waals surface area contributed by atoms with E-state index in [0.29, 0.717) is 28.8 Å². The molecule has 0 spiro atoms. The highest BCUT2D eigenvalue weighted by Crippen LogP contribution is 2.25. The molecule has 116 valence electrons. The molecule has 6 heteroatoms. The van der Waals surface area contributed by atoms with Gasteiger partial charge in [-0.15, -0.1) is 0 Å². The summed E-state index contributed by atoms with van der Waals surface area (Å²) in [5.41, 5.74) is 1.59. The standard InChI is InChI=1S/C16H17Cl2N3O/c1-21(13-5-3-2-4-6-13)10-9-19-16(22)20-15-11-12(17)7-8-14(15)18/h2-8,11H,9-10H2,1H3,(H2,19,20,22). The number of hydrogen-bond acceptors (Lipinski definition) is 2. The molecule has 0 fully saturated rings. The minimum atomic E-state index is -0.314. The SMILES string of the molecule is CN(CCNC(=O)Nc1cc(Cl)ccc1Cl)c1ccccc1. The summed E-state index contributed by atoms with van der Waals surface area (Å²) >= 11 is 11.9. The van der Waals surface area contributed by atoms with E-state index in [0.717, 1.165) is 5.69 Å². The number of carbonyl (C=O) groups excluding carboxylic acids is 1. The topological polar surface area (TPSA) is 44.4 Å². The zero-order valence-corrected chi connectivity index (χ0v) is 13.7. The van der Waals surface area contributed by atoms with Crippen molar-refractivity contribution < 1.29 is 4.79 Å². The Morgan fingerprint density at radius 2 is 1.86 bits per heavy atom. The van der Waals surface area contributed by atoms with Crippen LogP contribution in [0.5, 0.6) is 0 Å². The Hall–Kier alpha value is -1.91. The summed E-state index contributed by atoms with van der Waals surface area (Å²) in [4.78, 5) is 13.9. The predicted molar refractivity (Wildman–Crippen MR) is 93.2 cm³/mol. The van der Waals surface area contributed by atoms with Gasteiger partial charge in [-0.3, -0.25) is 0 Å². The van der Waals surface area contributed by atoms with E-state index in [9.17, 15) is 4.79 Å². The molecule has 0 heterocycles. The van der Waals surface area contributed by atoms with Gasteiger partial charge in [0.05, 0.1) is 10.7 Å². The fourth-order valence-electron chi connectivity index (χ4n) is 1.91. The lowest BCUT2D eigenvalue weighted by molar-refractivity contribution is 0.252. The Labute approximate surface area is 140 Å². The summed E-state index contributed by atoms with van der Waals surface area (Å²) in [7, 11) is 1.97. The van der Waals surface area contributed by atoms with Crippen LogP contribution >= 0.6 is 23.2 Å². The molecule has 0 unspecified atom stereocenters. The maximum Gasteiger partial charge on any atom is 0.319 e. The fourth-order valence-corrected chi connectivity index (χ4v) is 2.25. The number of anilines is 2. The van der Waals surface area contributed by atoms with Crippen LogP contribution in [0.4, 0.5) is 16.2 Å². The Morgan fingerprint density at radius 3 is 2.59 bits per heavy atom. The number of amides is 2. The van der Waals surface area contributed by atoms with Crippen LogP contribution < -0.4 is 15.5 Å².